The van der Waals surface area contributed by atoms with Crippen LogP contribution in [0.5, 0.6) is 0 Å². The minimum atomic E-state index is 0.510. The van der Waals surface area contributed by atoms with E-state index in [0.29, 0.717) is 17.5 Å². The molecule has 2 aromatic rings. The first-order chi connectivity index (χ1) is 9.26. The summed E-state index contributed by atoms with van der Waals surface area (Å²) in [6, 6.07) is 7.46. The summed E-state index contributed by atoms with van der Waals surface area (Å²) in [4.78, 5) is 8.63. The van der Waals surface area contributed by atoms with Crippen LogP contribution in [-0.4, -0.2) is 17.5 Å². The number of benzene rings is 1. The summed E-state index contributed by atoms with van der Waals surface area (Å²) in [5.41, 5.74) is 4.14. The number of hydrogen-bond acceptors (Lipinski definition) is 3. The third-order valence-electron chi connectivity index (χ3n) is 2.60. The summed E-state index contributed by atoms with van der Waals surface area (Å²) >= 11 is 6.14. The van der Waals surface area contributed by atoms with Crippen molar-refractivity contribution in [2.75, 3.05) is 11.9 Å². The first-order valence-electron chi connectivity index (χ1n) is 6.07. The lowest BCUT2D eigenvalue weighted by molar-refractivity contribution is 0.905. The topological polar surface area (TPSA) is 75.3 Å². The maximum Gasteiger partial charge on any atom is 0.210 e. The summed E-state index contributed by atoms with van der Waals surface area (Å²) < 4.78 is 0. The Kier molecular flexibility index (Phi) is 4.54. The highest BCUT2D eigenvalue weighted by Gasteiger charge is 2.07. The van der Waals surface area contributed by atoms with Gasteiger partial charge in [-0.05, 0) is 30.7 Å². The average Bonchev–Trinajstić information content (AvgIpc) is 2.46. The van der Waals surface area contributed by atoms with Crippen molar-refractivity contribution in [1.82, 2.24) is 10.4 Å². The lowest BCUT2D eigenvalue weighted by Crippen LogP contribution is -2.36. The number of aliphatic imine (C=N–C) groups is 1. The summed E-state index contributed by atoms with van der Waals surface area (Å²) in [7, 11) is 0. The fraction of sp³-hybridized carbons (Fsp3) is 0.231. The van der Waals surface area contributed by atoms with Crippen molar-refractivity contribution in [3.8, 4) is 0 Å². The molecule has 6 heteroatoms. The molecular formula is C13H16ClN5. The van der Waals surface area contributed by atoms with Crippen LogP contribution in [-0.2, 0) is 0 Å². The lowest BCUT2D eigenvalue weighted by Gasteiger charge is -2.11. The predicted molar refractivity (Wildman–Crippen MR) is 80.3 cm³/mol. The van der Waals surface area contributed by atoms with E-state index in [1.807, 2.05) is 24.3 Å². The smallest absolute Gasteiger partial charge is 0.210 e. The zero-order valence-corrected chi connectivity index (χ0v) is 11.4. The van der Waals surface area contributed by atoms with Crippen LogP contribution >= 0.6 is 11.6 Å². The molecule has 100 valence electrons. The molecule has 1 aromatic heterocycles. The van der Waals surface area contributed by atoms with Gasteiger partial charge in [-0.25, -0.2) is 5.84 Å². The third kappa shape index (κ3) is 3.13. The Hall–Kier alpha value is -1.85. The van der Waals surface area contributed by atoms with Gasteiger partial charge in [0.1, 0.15) is 0 Å². The van der Waals surface area contributed by atoms with E-state index < -0.39 is 0 Å². The van der Waals surface area contributed by atoms with Gasteiger partial charge < -0.3 is 5.32 Å². The van der Waals surface area contributed by atoms with Crippen molar-refractivity contribution in [3.05, 3.63) is 35.5 Å². The zero-order valence-electron chi connectivity index (χ0n) is 10.7. The van der Waals surface area contributed by atoms with Crippen LogP contribution in [0.1, 0.15) is 13.3 Å². The number of halogens is 1. The molecule has 1 aromatic carbocycles. The van der Waals surface area contributed by atoms with Gasteiger partial charge in [-0.1, -0.05) is 18.5 Å². The van der Waals surface area contributed by atoms with Crippen molar-refractivity contribution in [3.63, 3.8) is 0 Å². The summed E-state index contributed by atoms with van der Waals surface area (Å²) in [5, 5.41) is 4.68. The summed E-state index contributed by atoms with van der Waals surface area (Å²) in [6.45, 7) is 2.75. The van der Waals surface area contributed by atoms with E-state index in [-0.39, 0.29) is 0 Å². The van der Waals surface area contributed by atoms with Gasteiger partial charge in [0.05, 0.1) is 16.2 Å². The molecule has 0 atom stereocenters. The number of rotatable bonds is 3. The van der Waals surface area contributed by atoms with E-state index in [2.05, 4.69) is 27.6 Å². The minimum Gasteiger partial charge on any atom is -0.323 e. The van der Waals surface area contributed by atoms with Gasteiger partial charge in [0.25, 0.3) is 0 Å². The van der Waals surface area contributed by atoms with Crippen LogP contribution in [0.25, 0.3) is 10.9 Å². The molecule has 0 spiro atoms. The number of hydrazine groups is 1. The van der Waals surface area contributed by atoms with E-state index >= 15 is 0 Å². The molecule has 4 N–H and O–H groups in total. The van der Waals surface area contributed by atoms with Gasteiger partial charge in [0, 0.05) is 18.1 Å². The van der Waals surface area contributed by atoms with Crippen molar-refractivity contribution < 1.29 is 0 Å². The van der Waals surface area contributed by atoms with Gasteiger partial charge >= 0.3 is 0 Å². The Morgan fingerprint density at radius 3 is 3.00 bits per heavy atom. The minimum absolute atomic E-state index is 0.510. The Bertz CT molecular complexity index is 597. The second-order valence-corrected chi connectivity index (χ2v) is 4.40. The van der Waals surface area contributed by atoms with Crippen molar-refractivity contribution in [1.29, 1.82) is 0 Å². The maximum absolute atomic E-state index is 6.14. The number of hydrogen-bond donors (Lipinski definition) is 3. The van der Waals surface area contributed by atoms with Crippen LogP contribution < -0.4 is 16.6 Å². The highest BCUT2D eigenvalue weighted by atomic mass is 35.5. The molecule has 0 radical (unpaired) electrons. The fourth-order valence-electron chi connectivity index (χ4n) is 1.71. The number of nitrogens with zero attached hydrogens (tertiary/aromatic N) is 2. The molecule has 5 nitrogen and oxygen atoms in total. The Labute approximate surface area is 116 Å². The second-order valence-electron chi connectivity index (χ2n) is 3.99. The molecule has 0 bridgehead atoms. The number of aromatic nitrogens is 1. The second kappa shape index (κ2) is 6.36. The fourth-order valence-corrected chi connectivity index (χ4v) is 1.93. The van der Waals surface area contributed by atoms with Crippen molar-refractivity contribution >= 4 is 34.2 Å². The van der Waals surface area contributed by atoms with Gasteiger partial charge in [-0.2, -0.15) is 0 Å². The van der Waals surface area contributed by atoms with Crippen LogP contribution in [0, 0.1) is 0 Å². The highest BCUT2D eigenvalue weighted by molar-refractivity contribution is 6.35. The Morgan fingerprint density at radius 2 is 2.26 bits per heavy atom. The van der Waals surface area contributed by atoms with Crippen LogP contribution in [0.4, 0.5) is 5.69 Å². The zero-order chi connectivity index (χ0) is 13.7. The molecule has 0 unspecified atom stereocenters. The van der Waals surface area contributed by atoms with Gasteiger partial charge in [0.15, 0.2) is 0 Å². The van der Waals surface area contributed by atoms with E-state index in [0.717, 1.165) is 23.0 Å². The largest absolute Gasteiger partial charge is 0.323 e. The molecule has 0 saturated carbocycles. The number of nitrogens with two attached hydrogens (primary N) is 1. The molecule has 1 heterocycles. The van der Waals surface area contributed by atoms with Crippen LogP contribution in [0.3, 0.4) is 0 Å². The van der Waals surface area contributed by atoms with Gasteiger partial charge in [-0.15, -0.1) is 0 Å². The normalized spacial score (nSPS) is 11.6. The van der Waals surface area contributed by atoms with Crippen LogP contribution in [0.2, 0.25) is 5.02 Å². The van der Waals surface area contributed by atoms with Gasteiger partial charge in [-0.3, -0.25) is 15.4 Å². The highest BCUT2D eigenvalue weighted by Crippen LogP contribution is 2.27. The van der Waals surface area contributed by atoms with Crippen molar-refractivity contribution in [2.24, 2.45) is 10.8 Å². The molecule has 2 rings (SSSR count). The molecule has 0 aliphatic heterocycles. The Morgan fingerprint density at radius 1 is 1.42 bits per heavy atom. The van der Waals surface area contributed by atoms with Crippen LogP contribution in [0.15, 0.2) is 35.5 Å². The quantitative estimate of drug-likeness (QED) is 0.349. The summed E-state index contributed by atoms with van der Waals surface area (Å²) in [5.74, 6) is 5.96. The van der Waals surface area contributed by atoms with E-state index in [4.69, 9.17) is 17.4 Å². The van der Waals surface area contributed by atoms with Gasteiger partial charge in [0.2, 0.25) is 5.96 Å². The maximum atomic E-state index is 6.14. The summed E-state index contributed by atoms with van der Waals surface area (Å²) in [6.07, 6.45) is 2.68. The van der Waals surface area contributed by atoms with E-state index in [1.54, 1.807) is 6.20 Å². The SMILES string of the molecule is CCCN=C(NN)Nc1ccc(Cl)c2cccnc12. The third-order valence-corrected chi connectivity index (χ3v) is 2.93. The molecule has 0 aliphatic rings. The number of pyridine rings is 1. The van der Waals surface area contributed by atoms with E-state index in [9.17, 15) is 0 Å². The molecule has 0 fully saturated rings. The first kappa shape index (κ1) is 13.6. The monoisotopic (exact) mass is 277 g/mol. The van der Waals surface area contributed by atoms with Crippen molar-refractivity contribution in [2.45, 2.75) is 13.3 Å². The molecule has 19 heavy (non-hydrogen) atoms. The molecular weight excluding hydrogens is 262 g/mol. The molecule has 0 amide bonds. The number of guanidine groups is 1. The molecule has 0 aliphatic carbocycles. The predicted octanol–water partition coefficient (Wildman–Crippen LogP) is 2.53. The molecule has 0 saturated heterocycles. The number of fused-ring (bicyclic) bond motifs is 1. The number of anilines is 1. The van der Waals surface area contributed by atoms with E-state index in [1.165, 1.54) is 0 Å². The standard InChI is InChI=1S/C13H16ClN5/c1-2-7-17-13(19-15)18-11-6-5-10(14)9-4-3-8-16-12(9)11/h3-6,8H,2,7,15H2,1H3,(H2,17,18,19). The number of nitrogens with one attached hydrogen (secondary N) is 2. The lowest BCUT2D eigenvalue weighted by atomic mass is 10.2. The average molecular weight is 278 g/mol. The Balaban J connectivity index is 2.38. The first-order valence-corrected chi connectivity index (χ1v) is 6.45.